The fourth-order valence-corrected chi connectivity index (χ4v) is 2.34. The van der Waals surface area contributed by atoms with Crippen molar-refractivity contribution in [1.29, 1.82) is 0 Å². The zero-order valence-electron chi connectivity index (χ0n) is 15.0. The largest absolute Gasteiger partial charge is 0.452 e. The average molecular weight is 371 g/mol. The maximum absolute atomic E-state index is 11.8. The second kappa shape index (κ2) is 9.91. The molecule has 0 saturated heterocycles. The summed E-state index contributed by atoms with van der Waals surface area (Å²) in [5, 5.41) is 13.3. The van der Waals surface area contributed by atoms with Gasteiger partial charge in [-0.2, -0.15) is 0 Å². The molecule has 0 aliphatic carbocycles. The number of hydrogen-bond acceptors (Lipinski definition) is 6. The molecule has 142 valence electrons. The third-order valence-corrected chi connectivity index (χ3v) is 3.84. The van der Waals surface area contributed by atoms with Crippen LogP contribution < -0.4 is 10.2 Å². The highest BCUT2D eigenvalue weighted by atomic mass is 16.6. The van der Waals surface area contributed by atoms with Crippen LogP contribution in [0.5, 0.6) is 0 Å². The third-order valence-electron chi connectivity index (χ3n) is 3.84. The Morgan fingerprint density at radius 2 is 1.78 bits per heavy atom. The van der Waals surface area contributed by atoms with E-state index in [2.05, 4.69) is 10.2 Å². The summed E-state index contributed by atoms with van der Waals surface area (Å²) in [6.45, 7) is 0.836. The molecule has 1 amide bonds. The van der Waals surface area contributed by atoms with E-state index in [1.807, 2.05) is 37.4 Å². The summed E-state index contributed by atoms with van der Waals surface area (Å²) >= 11 is 0. The first-order valence-electron chi connectivity index (χ1n) is 8.42. The van der Waals surface area contributed by atoms with Gasteiger partial charge in [-0.05, 0) is 30.7 Å². The van der Waals surface area contributed by atoms with Crippen LogP contribution in [0.1, 0.15) is 16.8 Å². The molecule has 0 radical (unpaired) electrons. The van der Waals surface area contributed by atoms with Gasteiger partial charge in [0.05, 0.1) is 10.5 Å². The van der Waals surface area contributed by atoms with Crippen molar-refractivity contribution in [3.8, 4) is 0 Å². The van der Waals surface area contributed by atoms with E-state index in [0.717, 1.165) is 18.7 Å². The van der Waals surface area contributed by atoms with Gasteiger partial charge >= 0.3 is 5.97 Å². The molecule has 0 saturated carbocycles. The van der Waals surface area contributed by atoms with Gasteiger partial charge in [-0.3, -0.25) is 14.9 Å². The summed E-state index contributed by atoms with van der Waals surface area (Å²) in [7, 11) is 1.98. The Morgan fingerprint density at radius 3 is 2.41 bits per heavy atom. The van der Waals surface area contributed by atoms with Gasteiger partial charge in [-0.1, -0.05) is 18.2 Å². The van der Waals surface area contributed by atoms with Gasteiger partial charge < -0.3 is 15.0 Å². The summed E-state index contributed by atoms with van der Waals surface area (Å²) in [4.78, 5) is 35.7. The number of non-ortho nitro benzene ring substituents is 1. The lowest BCUT2D eigenvalue weighted by Crippen LogP contribution is -2.31. The fourth-order valence-electron chi connectivity index (χ4n) is 2.34. The highest BCUT2D eigenvalue weighted by molar-refractivity contribution is 5.91. The minimum Gasteiger partial charge on any atom is -0.452 e. The molecule has 0 spiro atoms. The highest BCUT2D eigenvalue weighted by Gasteiger charge is 2.12. The minimum absolute atomic E-state index is 0.121. The van der Waals surface area contributed by atoms with Crippen molar-refractivity contribution in [2.75, 3.05) is 31.6 Å². The van der Waals surface area contributed by atoms with E-state index >= 15 is 0 Å². The van der Waals surface area contributed by atoms with E-state index in [0.29, 0.717) is 6.54 Å². The standard InChI is InChI=1S/C19H21N3O5/c1-21(16-6-3-2-4-7-16)13-5-12-20-18(23)14-27-19(24)15-8-10-17(11-9-15)22(25)26/h2-4,6-11H,5,12-14H2,1H3,(H,20,23). The van der Waals surface area contributed by atoms with Crippen molar-refractivity contribution in [2.45, 2.75) is 6.42 Å². The number of hydrogen-bond donors (Lipinski definition) is 1. The molecule has 0 bridgehead atoms. The maximum Gasteiger partial charge on any atom is 0.338 e. The number of esters is 1. The normalized spacial score (nSPS) is 10.1. The lowest BCUT2D eigenvalue weighted by molar-refractivity contribution is -0.384. The summed E-state index contributed by atoms with van der Waals surface area (Å²) in [6.07, 6.45) is 0.743. The van der Waals surface area contributed by atoms with Crippen LogP contribution in [0.3, 0.4) is 0 Å². The van der Waals surface area contributed by atoms with Crippen LogP contribution in [0.2, 0.25) is 0 Å². The topological polar surface area (TPSA) is 102 Å². The van der Waals surface area contributed by atoms with Gasteiger partial charge in [0.15, 0.2) is 6.61 Å². The zero-order chi connectivity index (χ0) is 19.6. The van der Waals surface area contributed by atoms with E-state index in [-0.39, 0.29) is 11.3 Å². The fraction of sp³-hybridized carbons (Fsp3) is 0.263. The second-order valence-corrected chi connectivity index (χ2v) is 5.84. The Morgan fingerprint density at radius 1 is 1.11 bits per heavy atom. The van der Waals surface area contributed by atoms with Crippen LogP contribution in [0.4, 0.5) is 11.4 Å². The smallest absolute Gasteiger partial charge is 0.338 e. The molecule has 1 N–H and O–H groups in total. The average Bonchev–Trinajstić information content (AvgIpc) is 2.70. The van der Waals surface area contributed by atoms with Gasteiger partial charge in [0, 0.05) is 38.0 Å². The van der Waals surface area contributed by atoms with Gasteiger partial charge in [-0.15, -0.1) is 0 Å². The highest BCUT2D eigenvalue weighted by Crippen LogP contribution is 2.13. The Balaban J connectivity index is 1.65. The lowest BCUT2D eigenvalue weighted by Gasteiger charge is -2.19. The molecule has 0 unspecified atom stereocenters. The van der Waals surface area contributed by atoms with Crippen molar-refractivity contribution < 1.29 is 19.2 Å². The van der Waals surface area contributed by atoms with Crippen molar-refractivity contribution in [3.05, 3.63) is 70.3 Å². The predicted octanol–water partition coefficient (Wildman–Crippen LogP) is 2.39. The molecule has 2 aromatic rings. The van der Waals surface area contributed by atoms with Crippen LogP contribution in [0.15, 0.2) is 54.6 Å². The number of anilines is 1. The number of ether oxygens (including phenoxy) is 1. The van der Waals surface area contributed by atoms with Crippen molar-refractivity contribution >= 4 is 23.3 Å². The molecule has 2 aromatic carbocycles. The number of amides is 1. The number of rotatable bonds is 9. The van der Waals surface area contributed by atoms with Crippen LogP contribution in [0.25, 0.3) is 0 Å². The lowest BCUT2D eigenvalue weighted by atomic mass is 10.2. The van der Waals surface area contributed by atoms with E-state index in [1.165, 1.54) is 24.3 Å². The van der Waals surface area contributed by atoms with Gasteiger partial charge in [0.2, 0.25) is 0 Å². The second-order valence-electron chi connectivity index (χ2n) is 5.84. The quantitative estimate of drug-likeness (QED) is 0.314. The van der Waals surface area contributed by atoms with Gasteiger partial charge in [0.25, 0.3) is 11.6 Å². The first kappa shape index (κ1) is 19.9. The van der Waals surface area contributed by atoms with E-state index in [9.17, 15) is 19.7 Å². The molecule has 8 nitrogen and oxygen atoms in total. The summed E-state index contributed by atoms with van der Waals surface area (Å²) in [5.74, 6) is -1.10. The number of benzene rings is 2. The van der Waals surface area contributed by atoms with E-state index in [4.69, 9.17) is 4.74 Å². The Hall–Kier alpha value is -3.42. The number of carbonyl (C=O) groups is 2. The van der Waals surface area contributed by atoms with Crippen LogP contribution in [-0.2, 0) is 9.53 Å². The van der Waals surface area contributed by atoms with Crippen LogP contribution in [0, 0.1) is 10.1 Å². The zero-order valence-corrected chi connectivity index (χ0v) is 15.0. The first-order valence-corrected chi connectivity index (χ1v) is 8.42. The monoisotopic (exact) mass is 371 g/mol. The third kappa shape index (κ3) is 6.43. The van der Waals surface area contributed by atoms with Crippen molar-refractivity contribution in [3.63, 3.8) is 0 Å². The molecule has 0 aliphatic rings. The summed E-state index contributed by atoms with van der Waals surface area (Å²) < 4.78 is 4.91. The van der Waals surface area contributed by atoms with Crippen LogP contribution >= 0.6 is 0 Å². The van der Waals surface area contributed by atoms with Crippen molar-refractivity contribution in [2.24, 2.45) is 0 Å². The molecule has 0 heterocycles. The number of carbonyl (C=O) groups excluding carboxylic acids is 2. The molecule has 8 heteroatoms. The van der Waals surface area contributed by atoms with E-state index in [1.54, 1.807) is 0 Å². The predicted molar refractivity (Wildman–Crippen MR) is 101 cm³/mol. The van der Waals surface area contributed by atoms with E-state index < -0.39 is 23.4 Å². The molecule has 0 fully saturated rings. The van der Waals surface area contributed by atoms with Gasteiger partial charge in [-0.25, -0.2) is 4.79 Å². The number of nitrogens with one attached hydrogen (secondary N) is 1. The molecule has 27 heavy (non-hydrogen) atoms. The SMILES string of the molecule is CN(CCCNC(=O)COC(=O)c1ccc([N+](=O)[O-])cc1)c1ccccc1. The van der Waals surface area contributed by atoms with Crippen LogP contribution in [-0.4, -0.2) is 43.5 Å². The molecule has 0 aromatic heterocycles. The number of nitrogens with zero attached hydrogens (tertiary/aromatic N) is 2. The summed E-state index contributed by atoms with van der Waals surface area (Å²) in [6, 6.07) is 14.9. The minimum atomic E-state index is -0.705. The van der Waals surface area contributed by atoms with Gasteiger partial charge in [0.1, 0.15) is 0 Å². The maximum atomic E-state index is 11.8. The molecular formula is C19H21N3O5. The number of para-hydroxylation sites is 1. The molecular weight excluding hydrogens is 350 g/mol. The Bertz CT molecular complexity index is 778. The molecule has 0 atom stereocenters. The number of nitro groups is 1. The Labute approximate surface area is 156 Å². The molecule has 2 rings (SSSR count). The molecule has 0 aliphatic heterocycles. The van der Waals surface area contributed by atoms with Crippen molar-refractivity contribution in [1.82, 2.24) is 5.32 Å². The Kier molecular flexibility index (Phi) is 7.30. The summed E-state index contributed by atoms with van der Waals surface area (Å²) in [5.41, 5.74) is 1.13. The first-order chi connectivity index (χ1) is 13.0. The number of nitro benzene ring substituents is 1.